The van der Waals surface area contributed by atoms with Gasteiger partial charge in [-0.2, -0.15) is 0 Å². The summed E-state index contributed by atoms with van der Waals surface area (Å²) in [5.74, 6) is -0.103. The Morgan fingerprint density at radius 3 is 3.00 bits per heavy atom. The van der Waals surface area contributed by atoms with Crippen LogP contribution in [0.4, 0.5) is 4.39 Å². The number of ether oxygens (including phenoxy) is 3. The maximum absolute atomic E-state index is 14.1. The fraction of sp³-hybridized carbons (Fsp3) is 0.500. The molecule has 1 aromatic carbocycles. The molecule has 0 aliphatic carbocycles. The van der Waals surface area contributed by atoms with E-state index in [1.165, 1.54) is 7.11 Å². The first kappa shape index (κ1) is 16.8. The fourth-order valence-corrected chi connectivity index (χ4v) is 2.73. The highest BCUT2D eigenvalue weighted by Gasteiger charge is 2.30. The monoisotopic (exact) mass is 336 g/mol. The van der Waals surface area contributed by atoms with Crippen molar-refractivity contribution in [3.63, 3.8) is 0 Å². The molecule has 1 saturated heterocycles. The zero-order valence-corrected chi connectivity index (χ0v) is 13.7. The van der Waals surface area contributed by atoms with E-state index in [4.69, 9.17) is 14.2 Å². The molecule has 0 unspecified atom stereocenters. The fourth-order valence-electron chi connectivity index (χ4n) is 2.73. The van der Waals surface area contributed by atoms with Gasteiger partial charge in [-0.3, -0.25) is 0 Å². The minimum absolute atomic E-state index is 0.0154. The molecule has 2 atom stereocenters. The van der Waals surface area contributed by atoms with Crippen molar-refractivity contribution < 1.29 is 18.6 Å². The molecular weight excluding hydrogens is 315 g/mol. The van der Waals surface area contributed by atoms with Gasteiger partial charge in [0.2, 0.25) is 0 Å². The van der Waals surface area contributed by atoms with Crippen LogP contribution in [0.25, 0.3) is 0 Å². The SMILES string of the molecule is COc1cccc(CNCc2cn([C@@H]3COC[C@H]3OC)nn2)c1F. The van der Waals surface area contributed by atoms with Crippen LogP contribution in [-0.4, -0.2) is 48.5 Å². The number of methoxy groups -OCH3 is 2. The van der Waals surface area contributed by atoms with Crippen molar-refractivity contribution >= 4 is 0 Å². The Bertz CT molecular complexity index is 679. The van der Waals surface area contributed by atoms with Crippen LogP contribution in [0.1, 0.15) is 17.3 Å². The summed E-state index contributed by atoms with van der Waals surface area (Å²) in [6.45, 7) is 1.98. The second-order valence-corrected chi connectivity index (χ2v) is 5.61. The summed E-state index contributed by atoms with van der Waals surface area (Å²) >= 11 is 0. The van der Waals surface area contributed by atoms with Gasteiger partial charge in [0.25, 0.3) is 0 Å². The number of benzene rings is 1. The largest absolute Gasteiger partial charge is 0.494 e. The molecule has 0 spiro atoms. The highest BCUT2D eigenvalue weighted by Crippen LogP contribution is 2.21. The van der Waals surface area contributed by atoms with E-state index in [-0.39, 0.29) is 23.7 Å². The van der Waals surface area contributed by atoms with E-state index in [1.54, 1.807) is 30.0 Å². The van der Waals surface area contributed by atoms with Crippen molar-refractivity contribution in [1.29, 1.82) is 0 Å². The van der Waals surface area contributed by atoms with Gasteiger partial charge in [-0.05, 0) is 6.07 Å². The van der Waals surface area contributed by atoms with Crippen LogP contribution in [0.2, 0.25) is 0 Å². The van der Waals surface area contributed by atoms with Crippen molar-refractivity contribution in [2.75, 3.05) is 27.4 Å². The van der Waals surface area contributed by atoms with Gasteiger partial charge in [0.15, 0.2) is 11.6 Å². The maximum atomic E-state index is 14.1. The molecule has 7 nitrogen and oxygen atoms in total. The second-order valence-electron chi connectivity index (χ2n) is 5.61. The quantitative estimate of drug-likeness (QED) is 0.822. The molecular formula is C16H21FN4O3. The van der Waals surface area contributed by atoms with Crippen molar-refractivity contribution in [1.82, 2.24) is 20.3 Å². The van der Waals surface area contributed by atoms with Crippen LogP contribution in [0, 0.1) is 5.82 Å². The molecule has 0 radical (unpaired) electrons. The topological polar surface area (TPSA) is 70.4 Å². The Morgan fingerprint density at radius 2 is 2.21 bits per heavy atom. The predicted octanol–water partition coefficient (Wildman–Crippen LogP) is 1.30. The Kier molecular flexibility index (Phi) is 5.39. The third-order valence-electron chi connectivity index (χ3n) is 4.08. The lowest BCUT2D eigenvalue weighted by Gasteiger charge is -2.15. The van der Waals surface area contributed by atoms with Crippen molar-refractivity contribution in [2.45, 2.75) is 25.2 Å². The van der Waals surface area contributed by atoms with E-state index in [1.807, 2.05) is 6.20 Å². The maximum Gasteiger partial charge on any atom is 0.169 e. The summed E-state index contributed by atoms with van der Waals surface area (Å²) in [6.07, 6.45) is 1.85. The van der Waals surface area contributed by atoms with Gasteiger partial charge < -0.3 is 19.5 Å². The van der Waals surface area contributed by atoms with E-state index in [0.29, 0.717) is 31.9 Å². The minimum Gasteiger partial charge on any atom is -0.494 e. The van der Waals surface area contributed by atoms with Crippen LogP contribution in [0.3, 0.4) is 0 Å². The third kappa shape index (κ3) is 3.55. The van der Waals surface area contributed by atoms with Crippen LogP contribution in [-0.2, 0) is 22.6 Å². The number of halogens is 1. The summed E-state index contributed by atoms with van der Waals surface area (Å²) < 4.78 is 31.6. The van der Waals surface area contributed by atoms with Gasteiger partial charge in [-0.25, -0.2) is 9.07 Å². The lowest BCUT2D eigenvalue weighted by Crippen LogP contribution is -2.24. The summed E-state index contributed by atoms with van der Waals surface area (Å²) in [4.78, 5) is 0. The first-order valence-corrected chi connectivity index (χ1v) is 7.76. The molecule has 1 aliphatic rings. The van der Waals surface area contributed by atoms with Crippen molar-refractivity contribution in [2.24, 2.45) is 0 Å². The average Bonchev–Trinajstić information content (AvgIpc) is 3.24. The lowest BCUT2D eigenvalue weighted by molar-refractivity contribution is 0.0661. The molecule has 0 saturated carbocycles. The molecule has 1 fully saturated rings. The highest BCUT2D eigenvalue weighted by molar-refractivity contribution is 5.30. The van der Waals surface area contributed by atoms with E-state index in [2.05, 4.69) is 15.6 Å². The van der Waals surface area contributed by atoms with E-state index in [0.717, 1.165) is 5.69 Å². The van der Waals surface area contributed by atoms with Crippen LogP contribution in [0.15, 0.2) is 24.4 Å². The van der Waals surface area contributed by atoms with E-state index >= 15 is 0 Å². The number of rotatable bonds is 7. The van der Waals surface area contributed by atoms with Crippen LogP contribution in [0.5, 0.6) is 5.75 Å². The lowest BCUT2D eigenvalue weighted by atomic mass is 10.2. The summed E-state index contributed by atoms with van der Waals surface area (Å²) in [5.41, 5.74) is 1.32. The summed E-state index contributed by atoms with van der Waals surface area (Å²) in [6, 6.07) is 5.12. The summed E-state index contributed by atoms with van der Waals surface area (Å²) in [5, 5.41) is 11.4. The van der Waals surface area contributed by atoms with Gasteiger partial charge in [0.05, 0.1) is 32.2 Å². The minimum atomic E-state index is -0.345. The molecule has 130 valence electrons. The molecule has 1 aliphatic heterocycles. The van der Waals surface area contributed by atoms with Gasteiger partial charge in [-0.15, -0.1) is 5.10 Å². The molecule has 0 bridgehead atoms. The second kappa shape index (κ2) is 7.69. The molecule has 2 aromatic rings. The smallest absolute Gasteiger partial charge is 0.169 e. The average molecular weight is 336 g/mol. The van der Waals surface area contributed by atoms with Crippen LogP contribution >= 0.6 is 0 Å². The first-order chi connectivity index (χ1) is 11.7. The number of hydrogen-bond donors (Lipinski definition) is 1. The molecule has 2 heterocycles. The van der Waals surface area contributed by atoms with Gasteiger partial charge in [0.1, 0.15) is 12.1 Å². The summed E-state index contributed by atoms with van der Waals surface area (Å²) in [7, 11) is 3.11. The molecule has 1 N–H and O–H groups in total. The van der Waals surface area contributed by atoms with Crippen LogP contribution < -0.4 is 10.1 Å². The number of hydrogen-bond acceptors (Lipinski definition) is 6. The molecule has 8 heteroatoms. The zero-order chi connectivity index (χ0) is 16.9. The van der Waals surface area contributed by atoms with Gasteiger partial charge in [0, 0.05) is 25.8 Å². The number of nitrogens with zero attached hydrogens (tertiary/aromatic N) is 3. The Hall–Kier alpha value is -2.03. The molecule has 24 heavy (non-hydrogen) atoms. The molecule has 0 amide bonds. The molecule has 3 rings (SSSR count). The van der Waals surface area contributed by atoms with E-state index < -0.39 is 0 Å². The zero-order valence-electron chi connectivity index (χ0n) is 13.7. The van der Waals surface area contributed by atoms with Gasteiger partial charge in [-0.1, -0.05) is 17.3 Å². The Balaban J connectivity index is 1.56. The van der Waals surface area contributed by atoms with Crippen molar-refractivity contribution in [3.05, 3.63) is 41.5 Å². The van der Waals surface area contributed by atoms with E-state index in [9.17, 15) is 4.39 Å². The highest BCUT2D eigenvalue weighted by atomic mass is 19.1. The number of nitrogens with one attached hydrogen (secondary N) is 1. The number of aromatic nitrogens is 3. The Labute approximate surface area is 139 Å². The van der Waals surface area contributed by atoms with Crippen molar-refractivity contribution in [3.8, 4) is 5.75 Å². The first-order valence-electron chi connectivity index (χ1n) is 7.76. The Morgan fingerprint density at radius 1 is 1.33 bits per heavy atom. The third-order valence-corrected chi connectivity index (χ3v) is 4.08. The predicted molar refractivity (Wildman–Crippen MR) is 84.2 cm³/mol. The van der Waals surface area contributed by atoms with Gasteiger partial charge >= 0.3 is 0 Å². The molecule has 1 aromatic heterocycles. The standard InChI is InChI=1S/C16H21FN4O3/c1-22-14-5-3-4-11(16(14)17)6-18-7-12-8-21(20-19-12)13-9-24-10-15(13)23-2/h3-5,8,13,15,18H,6-7,9-10H2,1-2H3/t13-,15-/m1/s1. The normalized spacial score (nSPS) is 20.5.